The molecule has 4 unspecified atom stereocenters. The van der Waals surface area contributed by atoms with Crippen LogP contribution in [0.5, 0.6) is 0 Å². The van der Waals surface area contributed by atoms with Crippen LogP contribution in [0, 0.1) is 5.41 Å². The van der Waals surface area contributed by atoms with Crippen molar-refractivity contribution >= 4 is 17.8 Å². The van der Waals surface area contributed by atoms with Gasteiger partial charge < -0.3 is 14.7 Å². The summed E-state index contributed by atoms with van der Waals surface area (Å²) in [5.41, 5.74) is 1.49. The van der Waals surface area contributed by atoms with Gasteiger partial charge in [-0.15, -0.1) is 0 Å². The molecule has 1 amide bonds. The van der Waals surface area contributed by atoms with Crippen LogP contribution in [-0.2, 0) is 25.5 Å². The van der Waals surface area contributed by atoms with Gasteiger partial charge >= 0.3 is 11.9 Å². The second-order valence-electron chi connectivity index (χ2n) is 10.8. The van der Waals surface area contributed by atoms with E-state index < -0.39 is 35.5 Å². The zero-order chi connectivity index (χ0) is 27.0. The first-order valence-electron chi connectivity index (χ1n) is 13.2. The van der Waals surface area contributed by atoms with E-state index in [9.17, 15) is 19.5 Å². The molecule has 0 spiro atoms. The summed E-state index contributed by atoms with van der Waals surface area (Å²) < 4.78 is 5.34. The van der Waals surface area contributed by atoms with Gasteiger partial charge in [0.1, 0.15) is 12.1 Å². The predicted molar refractivity (Wildman–Crippen MR) is 143 cm³/mol. The number of ether oxygens (including phenoxy) is 1. The lowest BCUT2D eigenvalue weighted by Gasteiger charge is -2.39. The third kappa shape index (κ3) is 7.65. The molecule has 0 aliphatic carbocycles. The molecule has 2 N–H and O–H groups in total. The highest BCUT2D eigenvalue weighted by atomic mass is 16.5. The lowest BCUT2D eigenvalue weighted by atomic mass is 9.84. The van der Waals surface area contributed by atoms with Crippen LogP contribution in [0.25, 0.3) is 0 Å². The Balaban J connectivity index is 1.90. The number of aryl methyl sites for hydroxylation is 1. The SMILES string of the molecule is CCOC(=O)C(CCc1ccccc1)NC1CCC(c2ccccc2)CN(C(C(=O)O)C(C)(C)C)C1=O. The highest BCUT2D eigenvalue weighted by Crippen LogP contribution is 2.33. The molecule has 2 aromatic carbocycles. The van der Waals surface area contributed by atoms with E-state index in [4.69, 9.17) is 4.74 Å². The van der Waals surface area contributed by atoms with Crippen molar-refractivity contribution in [3.63, 3.8) is 0 Å². The summed E-state index contributed by atoms with van der Waals surface area (Å²) in [5.74, 6) is -1.71. The average Bonchev–Trinajstić information content (AvgIpc) is 3.01. The Bertz CT molecular complexity index is 1030. The van der Waals surface area contributed by atoms with Gasteiger partial charge in [-0.05, 0) is 49.1 Å². The number of hydrogen-bond acceptors (Lipinski definition) is 5. The first-order valence-corrected chi connectivity index (χ1v) is 13.2. The normalized spacial score (nSPS) is 20.1. The van der Waals surface area contributed by atoms with E-state index in [-0.39, 0.29) is 18.4 Å². The van der Waals surface area contributed by atoms with Crippen LogP contribution in [0.4, 0.5) is 0 Å². The molecule has 3 rings (SSSR count). The third-order valence-electron chi connectivity index (χ3n) is 6.98. The molecule has 1 aliphatic rings. The number of rotatable bonds is 10. The van der Waals surface area contributed by atoms with Crippen LogP contribution in [0.3, 0.4) is 0 Å². The number of esters is 1. The van der Waals surface area contributed by atoms with Gasteiger partial charge in [-0.1, -0.05) is 81.4 Å². The number of hydrogen-bond donors (Lipinski definition) is 2. The molecule has 37 heavy (non-hydrogen) atoms. The Morgan fingerprint density at radius 2 is 1.68 bits per heavy atom. The van der Waals surface area contributed by atoms with Crippen LogP contribution in [0.1, 0.15) is 64.0 Å². The van der Waals surface area contributed by atoms with E-state index in [1.54, 1.807) is 6.92 Å². The second kappa shape index (κ2) is 12.9. The molecule has 1 fully saturated rings. The molecular weight excluding hydrogens is 468 g/mol. The van der Waals surface area contributed by atoms with E-state index in [1.807, 2.05) is 81.4 Å². The summed E-state index contributed by atoms with van der Waals surface area (Å²) >= 11 is 0. The minimum Gasteiger partial charge on any atom is -0.480 e. The monoisotopic (exact) mass is 508 g/mol. The van der Waals surface area contributed by atoms with Crippen LogP contribution < -0.4 is 5.32 Å². The Kier molecular flexibility index (Phi) is 9.86. The zero-order valence-corrected chi connectivity index (χ0v) is 22.4. The fraction of sp³-hybridized carbons (Fsp3) is 0.500. The lowest BCUT2D eigenvalue weighted by molar-refractivity contribution is -0.156. The van der Waals surface area contributed by atoms with Gasteiger partial charge in [-0.3, -0.25) is 14.9 Å². The molecule has 4 atom stereocenters. The second-order valence-corrected chi connectivity index (χ2v) is 10.8. The number of nitrogens with one attached hydrogen (secondary N) is 1. The third-order valence-corrected chi connectivity index (χ3v) is 6.98. The molecule has 1 aliphatic heterocycles. The number of carbonyl (C=O) groups is 3. The van der Waals surface area contributed by atoms with Gasteiger partial charge in [0.2, 0.25) is 5.91 Å². The number of carboxylic acids is 1. The van der Waals surface area contributed by atoms with Gasteiger partial charge in [-0.25, -0.2) is 4.79 Å². The van der Waals surface area contributed by atoms with E-state index >= 15 is 0 Å². The minimum atomic E-state index is -1.03. The Hall–Kier alpha value is -3.19. The van der Waals surface area contributed by atoms with Crippen LogP contribution in [0.15, 0.2) is 60.7 Å². The molecule has 200 valence electrons. The zero-order valence-electron chi connectivity index (χ0n) is 22.4. The molecular formula is C30H40N2O5. The predicted octanol–water partition coefficient (Wildman–Crippen LogP) is 4.41. The first-order chi connectivity index (χ1) is 17.6. The van der Waals surface area contributed by atoms with Gasteiger partial charge in [0, 0.05) is 12.5 Å². The molecule has 1 heterocycles. The maximum atomic E-state index is 14.0. The molecule has 0 saturated carbocycles. The summed E-state index contributed by atoms with van der Waals surface area (Å²) in [6.45, 7) is 7.83. The summed E-state index contributed by atoms with van der Waals surface area (Å²) in [6.07, 6.45) is 2.30. The fourth-order valence-corrected chi connectivity index (χ4v) is 5.18. The largest absolute Gasteiger partial charge is 0.480 e. The molecule has 1 saturated heterocycles. The number of aliphatic carboxylic acids is 1. The molecule has 0 radical (unpaired) electrons. The van der Waals surface area contributed by atoms with Crippen LogP contribution in [0.2, 0.25) is 0 Å². The Morgan fingerprint density at radius 3 is 2.24 bits per heavy atom. The summed E-state index contributed by atoms with van der Waals surface area (Å²) in [5, 5.41) is 13.5. The van der Waals surface area contributed by atoms with Crippen molar-refractivity contribution in [1.29, 1.82) is 0 Å². The number of carbonyl (C=O) groups excluding carboxylic acids is 2. The first kappa shape index (κ1) is 28.4. The Morgan fingerprint density at radius 1 is 1.05 bits per heavy atom. The molecule has 0 aromatic heterocycles. The fourth-order valence-electron chi connectivity index (χ4n) is 5.18. The smallest absolute Gasteiger partial charge is 0.326 e. The van der Waals surface area contributed by atoms with Gasteiger partial charge in [0.25, 0.3) is 0 Å². The maximum absolute atomic E-state index is 14.0. The number of benzene rings is 2. The van der Waals surface area contributed by atoms with Crippen molar-refractivity contribution in [1.82, 2.24) is 10.2 Å². The van der Waals surface area contributed by atoms with Crippen molar-refractivity contribution < 1.29 is 24.2 Å². The quantitative estimate of drug-likeness (QED) is 0.462. The minimum absolute atomic E-state index is 0.00786. The summed E-state index contributed by atoms with van der Waals surface area (Å²) in [7, 11) is 0. The van der Waals surface area contributed by atoms with Crippen molar-refractivity contribution in [2.75, 3.05) is 13.2 Å². The van der Waals surface area contributed by atoms with E-state index in [1.165, 1.54) is 4.90 Å². The number of carboxylic acid groups (broad SMARTS) is 1. The van der Waals surface area contributed by atoms with Gasteiger partial charge in [0.15, 0.2) is 0 Å². The van der Waals surface area contributed by atoms with Crippen LogP contribution in [-0.4, -0.2) is 59.1 Å². The van der Waals surface area contributed by atoms with Crippen LogP contribution >= 0.6 is 0 Å². The Labute approximate surface area is 220 Å². The number of nitrogens with zero attached hydrogens (tertiary/aromatic N) is 1. The van der Waals surface area contributed by atoms with Crippen molar-refractivity contribution in [3.8, 4) is 0 Å². The van der Waals surface area contributed by atoms with E-state index in [0.717, 1.165) is 11.1 Å². The summed E-state index contributed by atoms with van der Waals surface area (Å²) in [4.78, 5) is 40.8. The summed E-state index contributed by atoms with van der Waals surface area (Å²) in [6, 6.07) is 17.4. The molecule has 0 bridgehead atoms. The van der Waals surface area contributed by atoms with Crippen molar-refractivity contribution in [2.45, 2.75) is 77.4 Å². The van der Waals surface area contributed by atoms with Crippen molar-refractivity contribution in [3.05, 3.63) is 71.8 Å². The highest BCUT2D eigenvalue weighted by molar-refractivity contribution is 5.88. The van der Waals surface area contributed by atoms with Gasteiger partial charge in [-0.2, -0.15) is 0 Å². The van der Waals surface area contributed by atoms with Crippen molar-refractivity contribution in [2.24, 2.45) is 5.41 Å². The number of likely N-dealkylation sites (tertiary alicyclic amines) is 1. The molecule has 7 heteroatoms. The number of amides is 1. The standard InChI is InChI=1S/C30H40N2O5/c1-5-37-29(36)25(18-16-21-12-8-6-9-13-21)31-24-19-17-23(22-14-10-7-11-15-22)20-32(27(24)33)26(28(34)35)30(2,3)4/h6-15,23-26,31H,5,16-20H2,1-4H3,(H,34,35). The van der Waals surface area contributed by atoms with E-state index in [0.29, 0.717) is 32.2 Å². The van der Waals surface area contributed by atoms with E-state index in [2.05, 4.69) is 5.32 Å². The average molecular weight is 509 g/mol. The molecule has 2 aromatic rings. The lowest BCUT2D eigenvalue weighted by Crippen LogP contribution is -2.58. The maximum Gasteiger partial charge on any atom is 0.326 e. The molecule has 7 nitrogen and oxygen atoms in total. The van der Waals surface area contributed by atoms with Gasteiger partial charge in [0.05, 0.1) is 12.6 Å². The highest BCUT2D eigenvalue weighted by Gasteiger charge is 2.44. The topological polar surface area (TPSA) is 95.9 Å².